The summed E-state index contributed by atoms with van der Waals surface area (Å²) in [5.41, 5.74) is 0. The molecule has 0 radical (unpaired) electrons. The molecule has 0 heterocycles. The molecule has 0 aliphatic rings. The molecule has 0 aromatic carbocycles. The summed E-state index contributed by atoms with van der Waals surface area (Å²) >= 11 is 3.58. The van der Waals surface area contributed by atoms with Crippen molar-refractivity contribution in [3.8, 4) is 0 Å². The molecule has 0 aromatic rings. The number of alkyl halides is 1. The zero-order valence-corrected chi connectivity index (χ0v) is 9.90. The van der Waals surface area contributed by atoms with E-state index in [1.807, 2.05) is 0 Å². The summed E-state index contributed by atoms with van der Waals surface area (Å²) in [5.74, 6) is 0. The van der Waals surface area contributed by atoms with E-state index in [4.69, 9.17) is 4.89 Å². The number of halogens is 1. The standard InChI is InChI=1S/C7H14BrO3P/c1-3-7(8,4-2)5-6-11-12(9)10/h3-6H2,1-2H3/p+1. The highest BCUT2D eigenvalue weighted by atomic mass is 79.9. The van der Waals surface area contributed by atoms with Crippen LogP contribution < -0.4 is 0 Å². The van der Waals surface area contributed by atoms with Crippen molar-refractivity contribution in [2.75, 3.05) is 6.61 Å². The van der Waals surface area contributed by atoms with Gasteiger partial charge in [0.1, 0.15) is 6.61 Å². The van der Waals surface area contributed by atoms with Crippen molar-refractivity contribution >= 4 is 24.2 Å². The smallest absolute Gasteiger partial charge is 0.133 e. The van der Waals surface area contributed by atoms with Gasteiger partial charge in [-0.2, -0.15) is 0 Å². The van der Waals surface area contributed by atoms with E-state index < -0.39 is 8.25 Å². The highest BCUT2D eigenvalue weighted by Gasteiger charge is 2.24. The Morgan fingerprint density at radius 3 is 2.33 bits per heavy atom. The molecule has 5 heteroatoms. The van der Waals surface area contributed by atoms with Crippen LogP contribution >= 0.6 is 24.2 Å². The molecule has 1 atom stereocenters. The van der Waals surface area contributed by atoms with Crippen LogP contribution in [0.3, 0.4) is 0 Å². The molecule has 0 rings (SSSR count). The van der Waals surface area contributed by atoms with Crippen molar-refractivity contribution in [1.29, 1.82) is 0 Å². The van der Waals surface area contributed by atoms with Crippen LogP contribution in [-0.2, 0) is 9.09 Å². The molecule has 12 heavy (non-hydrogen) atoms. The molecule has 1 N–H and O–H groups in total. The van der Waals surface area contributed by atoms with Gasteiger partial charge in [-0.25, -0.2) is 0 Å². The summed E-state index contributed by atoms with van der Waals surface area (Å²) in [6.45, 7) is 4.49. The maximum atomic E-state index is 10.2. The van der Waals surface area contributed by atoms with Crippen LogP contribution in [0.25, 0.3) is 0 Å². The second kappa shape index (κ2) is 6.03. The highest BCUT2D eigenvalue weighted by molar-refractivity contribution is 9.10. The van der Waals surface area contributed by atoms with Gasteiger partial charge >= 0.3 is 8.25 Å². The van der Waals surface area contributed by atoms with Gasteiger partial charge in [0.2, 0.25) is 0 Å². The Kier molecular flexibility index (Phi) is 6.28. The highest BCUT2D eigenvalue weighted by Crippen LogP contribution is 2.31. The molecule has 0 bridgehead atoms. The van der Waals surface area contributed by atoms with Gasteiger partial charge in [-0.15, -0.1) is 9.42 Å². The van der Waals surface area contributed by atoms with Crippen molar-refractivity contribution in [2.45, 2.75) is 37.4 Å². The minimum Gasteiger partial charge on any atom is -0.133 e. The first-order valence-electron chi connectivity index (χ1n) is 4.02. The van der Waals surface area contributed by atoms with Gasteiger partial charge in [0, 0.05) is 8.89 Å². The van der Waals surface area contributed by atoms with Crippen LogP contribution in [0.15, 0.2) is 0 Å². The fraction of sp³-hybridized carbons (Fsp3) is 1.00. The molecule has 0 spiro atoms. The van der Waals surface area contributed by atoms with Crippen molar-refractivity contribution in [2.24, 2.45) is 0 Å². The lowest BCUT2D eigenvalue weighted by Crippen LogP contribution is -2.19. The molecule has 0 saturated heterocycles. The summed E-state index contributed by atoms with van der Waals surface area (Å²) in [6, 6.07) is 0. The van der Waals surface area contributed by atoms with E-state index in [1.165, 1.54) is 0 Å². The summed E-state index contributed by atoms with van der Waals surface area (Å²) in [5, 5.41) is 0. The van der Waals surface area contributed by atoms with Gasteiger partial charge in [0.25, 0.3) is 0 Å². The number of hydrogen-bond donors (Lipinski definition) is 1. The van der Waals surface area contributed by atoms with Gasteiger partial charge in [-0.1, -0.05) is 29.8 Å². The van der Waals surface area contributed by atoms with Crippen LogP contribution in [-0.4, -0.2) is 15.8 Å². The molecule has 0 aliphatic heterocycles. The Bertz CT molecular complexity index is 148. The first-order valence-corrected chi connectivity index (χ1v) is 5.94. The SMILES string of the molecule is CCC(Br)(CC)CCO[P+](=O)O. The summed E-state index contributed by atoms with van der Waals surface area (Å²) in [7, 11) is -2.43. The first kappa shape index (κ1) is 12.5. The van der Waals surface area contributed by atoms with Crippen molar-refractivity contribution < 1.29 is 14.0 Å². The number of rotatable bonds is 6. The van der Waals surface area contributed by atoms with Crippen molar-refractivity contribution in [1.82, 2.24) is 0 Å². The molecule has 0 amide bonds. The van der Waals surface area contributed by atoms with E-state index >= 15 is 0 Å². The Labute approximate surface area is 82.6 Å². The van der Waals surface area contributed by atoms with Gasteiger partial charge < -0.3 is 0 Å². The zero-order valence-electron chi connectivity index (χ0n) is 7.42. The fourth-order valence-electron chi connectivity index (χ4n) is 0.910. The first-order chi connectivity index (χ1) is 5.54. The fourth-order valence-corrected chi connectivity index (χ4v) is 1.32. The summed E-state index contributed by atoms with van der Waals surface area (Å²) in [4.78, 5) is 8.37. The Balaban J connectivity index is 3.65. The molecule has 0 aromatic heterocycles. The third-order valence-corrected chi connectivity index (χ3v) is 3.94. The van der Waals surface area contributed by atoms with Gasteiger partial charge in [0.15, 0.2) is 0 Å². The van der Waals surface area contributed by atoms with Crippen molar-refractivity contribution in [3.05, 3.63) is 0 Å². The lowest BCUT2D eigenvalue weighted by Gasteiger charge is -2.22. The molecule has 1 unspecified atom stereocenters. The van der Waals surface area contributed by atoms with E-state index in [1.54, 1.807) is 0 Å². The monoisotopic (exact) mass is 257 g/mol. The van der Waals surface area contributed by atoms with Crippen LogP contribution in [0.4, 0.5) is 0 Å². The quantitative estimate of drug-likeness (QED) is 0.588. The van der Waals surface area contributed by atoms with E-state index in [9.17, 15) is 4.57 Å². The maximum absolute atomic E-state index is 10.2. The maximum Gasteiger partial charge on any atom is 0.694 e. The largest absolute Gasteiger partial charge is 0.694 e. The Hall–Kier alpha value is 0.500. The summed E-state index contributed by atoms with van der Waals surface area (Å²) in [6.07, 6.45) is 2.76. The normalized spacial score (nSPS) is 13.2. The number of hydrogen-bond acceptors (Lipinski definition) is 2. The second-order valence-corrected chi connectivity index (χ2v) is 5.10. The topological polar surface area (TPSA) is 46.5 Å². The van der Waals surface area contributed by atoms with Gasteiger partial charge in [0.05, 0.1) is 0 Å². The molecule has 0 saturated carbocycles. The minimum absolute atomic E-state index is 0.0678. The molecule has 3 nitrogen and oxygen atoms in total. The minimum atomic E-state index is -2.43. The van der Waals surface area contributed by atoms with E-state index in [0.717, 1.165) is 19.3 Å². The predicted octanol–water partition coefficient (Wildman–Crippen LogP) is 3.00. The molecular formula is C7H15BrO3P+. The van der Waals surface area contributed by atoms with Gasteiger partial charge in [-0.05, 0) is 19.3 Å². The predicted molar refractivity (Wildman–Crippen MR) is 52.6 cm³/mol. The molecule has 72 valence electrons. The van der Waals surface area contributed by atoms with Crippen molar-refractivity contribution in [3.63, 3.8) is 0 Å². The Morgan fingerprint density at radius 2 is 2.00 bits per heavy atom. The van der Waals surface area contributed by atoms with Crippen LogP contribution in [0, 0.1) is 0 Å². The lowest BCUT2D eigenvalue weighted by molar-refractivity contribution is 0.261. The Morgan fingerprint density at radius 1 is 1.50 bits per heavy atom. The average Bonchev–Trinajstić information content (AvgIpc) is 2.03. The van der Waals surface area contributed by atoms with Crippen LogP contribution in [0.2, 0.25) is 0 Å². The second-order valence-electron chi connectivity index (χ2n) is 2.68. The van der Waals surface area contributed by atoms with Crippen LogP contribution in [0.1, 0.15) is 33.1 Å². The van der Waals surface area contributed by atoms with E-state index in [-0.39, 0.29) is 4.32 Å². The summed E-state index contributed by atoms with van der Waals surface area (Å²) < 4.78 is 14.8. The molecular weight excluding hydrogens is 243 g/mol. The van der Waals surface area contributed by atoms with Crippen LogP contribution in [0.5, 0.6) is 0 Å². The third-order valence-electron chi connectivity index (χ3n) is 2.02. The average molecular weight is 258 g/mol. The lowest BCUT2D eigenvalue weighted by atomic mass is 10.00. The van der Waals surface area contributed by atoms with E-state index in [2.05, 4.69) is 34.3 Å². The van der Waals surface area contributed by atoms with Gasteiger partial charge in [-0.3, -0.25) is 0 Å². The molecule has 0 fully saturated rings. The molecule has 0 aliphatic carbocycles. The zero-order chi connectivity index (χ0) is 9.61. The third kappa shape index (κ3) is 5.20. The van der Waals surface area contributed by atoms with E-state index in [0.29, 0.717) is 6.61 Å².